The largest absolute Gasteiger partial charge is 0.316 e. The zero-order valence-corrected chi connectivity index (χ0v) is 7.33. The van der Waals surface area contributed by atoms with Crippen LogP contribution in [0.1, 0.15) is 23.7 Å². The molecule has 1 saturated heterocycles. The molecule has 0 amide bonds. The van der Waals surface area contributed by atoms with Crippen molar-refractivity contribution in [2.24, 2.45) is 0 Å². The molecule has 0 saturated carbocycles. The van der Waals surface area contributed by atoms with E-state index in [0.717, 1.165) is 25.2 Å². The molecule has 66 valence electrons. The molecule has 0 spiro atoms. The van der Waals surface area contributed by atoms with E-state index in [1.807, 2.05) is 12.1 Å². The van der Waals surface area contributed by atoms with Crippen molar-refractivity contribution in [3.8, 4) is 6.07 Å². The quantitative estimate of drug-likeness (QED) is 0.690. The molecule has 1 atom stereocenters. The van der Waals surface area contributed by atoms with Gasteiger partial charge in [0.1, 0.15) is 11.8 Å². The first-order valence-corrected chi connectivity index (χ1v) is 4.48. The minimum absolute atomic E-state index is 0.494. The van der Waals surface area contributed by atoms with Crippen LogP contribution in [0.2, 0.25) is 0 Å². The van der Waals surface area contributed by atoms with Crippen LogP contribution in [0.15, 0.2) is 18.2 Å². The standard InChI is InChI=1S/C10H11N3/c11-6-9-2-1-3-10(13-9)8-4-5-12-7-8/h1-3,8,12H,4-5,7H2/t8-/m0/s1. The highest BCUT2D eigenvalue weighted by atomic mass is 14.9. The Labute approximate surface area is 77.4 Å². The van der Waals surface area contributed by atoms with Crippen molar-refractivity contribution >= 4 is 0 Å². The van der Waals surface area contributed by atoms with Gasteiger partial charge >= 0.3 is 0 Å². The Balaban J connectivity index is 2.25. The van der Waals surface area contributed by atoms with E-state index in [2.05, 4.69) is 16.4 Å². The maximum atomic E-state index is 8.68. The zero-order chi connectivity index (χ0) is 9.10. The topological polar surface area (TPSA) is 48.7 Å². The molecule has 1 N–H and O–H groups in total. The van der Waals surface area contributed by atoms with Crippen LogP contribution in [0, 0.1) is 11.3 Å². The fourth-order valence-electron chi connectivity index (χ4n) is 1.65. The number of aromatic nitrogens is 1. The van der Waals surface area contributed by atoms with Gasteiger partial charge in [-0.15, -0.1) is 0 Å². The lowest BCUT2D eigenvalue weighted by Crippen LogP contribution is -2.09. The van der Waals surface area contributed by atoms with Gasteiger partial charge in [0.2, 0.25) is 0 Å². The van der Waals surface area contributed by atoms with E-state index < -0.39 is 0 Å². The van der Waals surface area contributed by atoms with Crippen LogP contribution in [0.25, 0.3) is 0 Å². The predicted molar refractivity (Wildman–Crippen MR) is 49.2 cm³/mol. The van der Waals surface area contributed by atoms with Gasteiger partial charge in [-0.05, 0) is 25.1 Å². The van der Waals surface area contributed by atoms with E-state index in [-0.39, 0.29) is 0 Å². The zero-order valence-electron chi connectivity index (χ0n) is 7.33. The third-order valence-corrected chi connectivity index (χ3v) is 2.36. The molecule has 0 aliphatic carbocycles. The summed E-state index contributed by atoms with van der Waals surface area (Å²) < 4.78 is 0. The van der Waals surface area contributed by atoms with E-state index in [1.54, 1.807) is 6.07 Å². The second kappa shape index (κ2) is 3.55. The van der Waals surface area contributed by atoms with Gasteiger partial charge in [-0.1, -0.05) is 6.07 Å². The van der Waals surface area contributed by atoms with Crippen molar-refractivity contribution in [1.82, 2.24) is 10.3 Å². The van der Waals surface area contributed by atoms with Crippen molar-refractivity contribution < 1.29 is 0 Å². The molecule has 2 rings (SSSR count). The molecule has 13 heavy (non-hydrogen) atoms. The van der Waals surface area contributed by atoms with Crippen LogP contribution < -0.4 is 5.32 Å². The number of rotatable bonds is 1. The Bertz CT molecular complexity index is 334. The maximum absolute atomic E-state index is 8.68. The van der Waals surface area contributed by atoms with E-state index >= 15 is 0 Å². The number of nitrogens with zero attached hydrogens (tertiary/aromatic N) is 2. The van der Waals surface area contributed by atoms with E-state index in [9.17, 15) is 0 Å². The van der Waals surface area contributed by atoms with Crippen LogP contribution in [0.3, 0.4) is 0 Å². The van der Waals surface area contributed by atoms with Crippen molar-refractivity contribution in [3.05, 3.63) is 29.6 Å². The normalized spacial score (nSPS) is 21.3. The molecule has 1 aliphatic heterocycles. The first kappa shape index (κ1) is 8.21. The van der Waals surface area contributed by atoms with Crippen LogP contribution in [0.5, 0.6) is 0 Å². The molecule has 3 nitrogen and oxygen atoms in total. The molecular formula is C10H11N3. The van der Waals surface area contributed by atoms with Gasteiger partial charge in [0.05, 0.1) is 0 Å². The summed E-state index contributed by atoms with van der Waals surface area (Å²) in [7, 11) is 0. The summed E-state index contributed by atoms with van der Waals surface area (Å²) in [6.07, 6.45) is 1.13. The number of pyridine rings is 1. The lowest BCUT2D eigenvalue weighted by molar-refractivity contribution is 0.733. The molecule has 0 aromatic carbocycles. The maximum Gasteiger partial charge on any atom is 0.140 e. The minimum atomic E-state index is 0.494. The Hall–Kier alpha value is -1.40. The van der Waals surface area contributed by atoms with Crippen molar-refractivity contribution in [1.29, 1.82) is 5.26 Å². The Kier molecular flexibility index (Phi) is 2.24. The predicted octanol–water partition coefficient (Wildman–Crippen LogP) is 1.03. The van der Waals surface area contributed by atoms with Gasteiger partial charge in [-0.25, -0.2) is 4.98 Å². The van der Waals surface area contributed by atoms with Crippen LogP contribution in [-0.2, 0) is 0 Å². The Morgan fingerprint density at radius 1 is 1.54 bits per heavy atom. The lowest BCUT2D eigenvalue weighted by Gasteiger charge is -2.06. The number of hydrogen-bond acceptors (Lipinski definition) is 3. The number of hydrogen-bond donors (Lipinski definition) is 1. The highest BCUT2D eigenvalue weighted by molar-refractivity contribution is 5.24. The van der Waals surface area contributed by atoms with Gasteiger partial charge in [-0.2, -0.15) is 5.26 Å². The summed E-state index contributed by atoms with van der Waals surface area (Å²) >= 11 is 0. The van der Waals surface area contributed by atoms with Crippen LogP contribution in [-0.4, -0.2) is 18.1 Å². The molecule has 0 radical (unpaired) electrons. The first-order valence-electron chi connectivity index (χ1n) is 4.48. The van der Waals surface area contributed by atoms with Gasteiger partial charge in [0, 0.05) is 18.2 Å². The fraction of sp³-hybridized carbons (Fsp3) is 0.400. The average Bonchev–Trinajstić information content (AvgIpc) is 2.71. The highest BCUT2D eigenvalue weighted by Crippen LogP contribution is 2.19. The minimum Gasteiger partial charge on any atom is -0.316 e. The molecule has 0 bridgehead atoms. The highest BCUT2D eigenvalue weighted by Gasteiger charge is 2.17. The molecule has 3 heteroatoms. The fourth-order valence-corrected chi connectivity index (χ4v) is 1.65. The molecule has 1 aromatic heterocycles. The monoisotopic (exact) mass is 173 g/mol. The Morgan fingerprint density at radius 3 is 3.15 bits per heavy atom. The van der Waals surface area contributed by atoms with Gasteiger partial charge in [0.25, 0.3) is 0 Å². The van der Waals surface area contributed by atoms with Gasteiger partial charge in [0.15, 0.2) is 0 Å². The molecule has 1 aliphatic rings. The summed E-state index contributed by atoms with van der Waals surface area (Å²) in [5.41, 5.74) is 1.56. The summed E-state index contributed by atoms with van der Waals surface area (Å²) in [6, 6.07) is 7.70. The first-order chi connectivity index (χ1) is 6.40. The summed E-state index contributed by atoms with van der Waals surface area (Å²) in [5, 5.41) is 12.0. The molecule has 1 fully saturated rings. The summed E-state index contributed by atoms with van der Waals surface area (Å²) in [6.45, 7) is 2.05. The van der Waals surface area contributed by atoms with Crippen molar-refractivity contribution in [2.75, 3.05) is 13.1 Å². The molecular weight excluding hydrogens is 162 g/mol. The second-order valence-corrected chi connectivity index (χ2v) is 3.25. The smallest absolute Gasteiger partial charge is 0.140 e. The molecule has 0 unspecified atom stereocenters. The molecule has 1 aromatic rings. The Morgan fingerprint density at radius 2 is 2.46 bits per heavy atom. The number of nitriles is 1. The van der Waals surface area contributed by atoms with E-state index in [4.69, 9.17) is 5.26 Å². The van der Waals surface area contributed by atoms with Crippen molar-refractivity contribution in [3.63, 3.8) is 0 Å². The number of nitrogens with one attached hydrogen (secondary N) is 1. The lowest BCUT2D eigenvalue weighted by atomic mass is 10.0. The van der Waals surface area contributed by atoms with E-state index in [1.165, 1.54) is 0 Å². The third-order valence-electron chi connectivity index (χ3n) is 2.36. The SMILES string of the molecule is N#Cc1cccc([C@H]2CCNC2)n1. The summed E-state index contributed by atoms with van der Waals surface area (Å²) in [5.74, 6) is 0.494. The van der Waals surface area contributed by atoms with Crippen molar-refractivity contribution in [2.45, 2.75) is 12.3 Å². The second-order valence-electron chi connectivity index (χ2n) is 3.25. The average molecular weight is 173 g/mol. The molecule has 2 heterocycles. The van der Waals surface area contributed by atoms with Crippen LogP contribution in [0.4, 0.5) is 0 Å². The third kappa shape index (κ3) is 1.68. The van der Waals surface area contributed by atoms with Gasteiger partial charge < -0.3 is 5.32 Å². The van der Waals surface area contributed by atoms with Crippen LogP contribution >= 0.6 is 0 Å². The van der Waals surface area contributed by atoms with E-state index in [0.29, 0.717) is 11.6 Å². The summed E-state index contributed by atoms with van der Waals surface area (Å²) in [4.78, 5) is 4.27. The van der Waals surface area contributed by atoms with Gasteiger partial charge in [-0.3, -0.25) is 0 Å².